The van der Waals surface area contributed by atoms with E-state index >= 15 is 0 Å². The van der Waals surface area contributed by atoms with Crippen LogP contribution in [0.1, 0.15) is 99.3 Å². The lowest BCUT2D eigenvalue weighted by Gasteiger charge is -2.71. The van der Waals surface area contributed by atoms with Crippen molar-refractivity contribution >= 4 is 17.7 Å². The molecule has 15 nitrogen and oxygen atoms in total. The standard InChI is InChI=1S/C41H62O15/c1-36(35(51)52)15-20-19-7-8-23-38(3)11-10-25(39(4,18-42)22(38)9-12-41(23,6)40(19,5)14-13-37(20,2)24(44)16-36)54-34-31(28(47)27(46)30(55-34)32(49)50)56-33-29(48)26(45)21(43)17-53-33/h7,20-23,25-31,33-34,42-43,45-48H,8-18H2,1-6H3,(H,49,50)(H,51,52)/t20-,21-,22+,23+,25-,26-,27-,28-,29+,30-,31+,33-,34+,36-,37+,38-,39+,40+,41+/m0/s1. The van der Waals surface area contributed by atoms with Gasteiger partial charge in [-0.1, -0.05) is 46.3 Å². The van der Waals surface area contributed by atoms with Gasteiger partial charge in [0.2, 0.25) is 0 Å². The van der Waals surface area contributed by atoms with Crippen LogP contribution in [0.3, 0.4) is 0 Å². The molecule has 2 heterocycles. The Balaban J connectivity index is 1.18. The third-order valence-electron chi connectivity index (χ3n) is 17.1. The molecule has 2 aliphatic heterocycles. The van der Waals surface area contributed by atoms with Crippen molar-refractivity contribution in [2.24, 2.45) is 50.2 Å². The van der Waals surface area contributed by atoms with E-state index in [-0.39, 0.29) is 52.8 Å². The van der Waals surface area contributed by atoms with Crippen LogP contribution in [0, 0.1) is 50.2 Å². The second-order valence-electron chi connectivity index (χ2n) is 19.9. The van der Waals surface area contributed by atoms with Crippen LogP contribution in [0.5, 0.6) is 0 Å². The van der Waals surface area contributed by atoms with Crippen molar-refractivity contribution in [3.63, 3.8) is 0 Å². The fraction of sp³-hybridized carbons (Fsp3) is 0.878. The largest absolute Gasteiger partial charge is 0.481 e. The zero-order valence-electron chi connectivity index (χ0n) is 33.3. The van der Waals surface area contributed by atoms with Gasteiger partial charge in [-0.25, -0.2) is 4.79 Å². The SMILES string of the molecule is C[C@@]1(C(=O)O)CC(=O)[C@]2(C)CC[C@]3(C)C(=CC[C@@H]4[C@@]5(C)CC[C@H](O[C@@H]6O[C@H](C(=O)O)[C@@H](O)[C@H](O)[C@H]6O[C@@H]6OC[C@H](O)[C@H](O)[C@H]6O)[C@](C)(CO)[C@@H]5CC[C@]43C)[C@@H]2C1. The van der Waals surface area contributed by atoms with Crippen LogP contribution in [0.4, 0.5) is 0 Å². The molecule has 19 atom stereocenters. The molecule has 0 unspecified atom stereocenters. The molecule has 0 aromatic rings. The highest BCUT2D eigenvalue weighted by molar-refractivity contribution is 5.92. The Labute approximate surface area is 327 Å². The number of carbonyl (C=O) groups excluding carboxylic acids is 1. The van der Waals surface area contributed by atoms with Crippen molar-refractivity contribution in [3.8, 4) is 0 Å². The molecule has 0 aromatic carbocycles. The molecule has 2 saturated heterocycles. The van der Waals surface area contributed by atoms with Crippen LogP contribution in [-0.4, -0.2) is 133 Å². The summed E-state index contributed by atoms with van der Waals surface area (Å²) in [5.41, 5.74) is -2.19. The number of aliphatic carboxylic acids is 2. The van der Waals surface area contributed by atoms with E-state index in [1.165, 1.54) is 5.57 Å². The van der Waals surface area contributed by atoms with Crippen LogP contribution in [0.15, 0.2) is 11.6 Å². The summed E-state index contributed by atoms with van der Waals surface area (Å²) in [6, 6.07) is 0. The number of Topliss-reactive ketones (excluding diaryl/α,β-unsaturated/α-hetero) is 1. The maximum Gasteiger partial charge on any atom is 0.335 e. The molecule has 0 spiro atoms. The number of aliphatic hydroxyl groups excluding tert-OH is 6. The molecule has 15 heteroatoms. The van der Waals surface area contributed by atoms with E-state index in [2.05, 4.69) is 26.8 Å². The van der Waals surface area contributed by atoms with Crippen LogP contribution >= 0.6 is 0 Å². The van der Waals surface area contributed by atoms with Gasteiger partial charge in [0.25, 0.3) is 0 Å². The van der Waals surface area contributed by atoms with Crippen LogP contribution in [-0.2, 0) is 33.3 Å². The number of fused-ring (bicyclic) bond motifs is 7. The Bertz CT molecular complexity index is 1620. The fourth-order valence-corrected chi connectivity index (χ4v) is 13.2. The summed E-state index contributed by atoms with van der Waals surface area (Å²) < 4.78 is 23.6. The van der Waals surface area contributed by atoms with Gasteiger partial charge in [-0.05, 0) is 92.3 Å². The fourth-order valence-electron chi connectivity index (χ4n) is 13.2. The molecule has 0 aromatic heterocycles. The van der Waals surface area contributed by atoms with Crippen molar-refractivity contribution in [1.29, 1.82) is 0 Å². The van der Waals surface area contributed by atoms with Crippen molar-refractivity contribution in [2.75, 3.05) is 13.2 Å². The van der Waals surface area contributed by atoms with Crippen LogP contribution < -0.4 is 0 Å². The molecule has 0 radical (unpaired) electrons. The Hall–Kier alpha value is -2.05. The van der Waals surface area contributed by atoms with Crippen molar-refractivity contribution in [1.82, 2.24) is 0 Å². The summed E-state index contributed by atoms with van der Waals surface area (Å²) in [5.74, 6) is -2.52. The Morgan fingerprint density at radius 1 is 0.839 bits per heavy atom. The van der Waals surface area contributed by atoms with E-state index in [0.717, 1.165) is 25.7 Å². The first-order chi connectivity index (χ1) is 26.0. The molecule has 7 rings (SSSR count). The summed E-state index contributed by atoms with van der Waals surface area (Å²) in [4.78, 5) is 38.4. The van der Waals surface area contributed by atoms with E-state index in [1.54, 1.807) is 6.92 Å². The maximum absolute atomic E-state index is 13.7. The van der Waals surface area contributed by atoms with E-state index in [0.29, 0.717) is 25.7 Å². The number of carbonyl (C=O) groups is 3. The van der Waals surface area contributed by atoms with E-state index in [1.807, 2.05) is 13.8 Å². The van der Waals surface area contributed by atoms with E-state index < -0.39 is 96.2 Å². The first-order valence-electron chi connectivity index (χ1n) is 20.3. The van der Waals surface area contributed by atoms with E-state index in [9.17, 15) is 55.2 Å². The number of ether oxygens (including phenoxy) is 4. The molecule has 6 fully saturated rings. The lowest BCUT2D eigenvalue weighted by molar-refractivity contribution is -0.367. The third-order valence-corrected chi connectivity index (χ3v) is 17.1. The highest BCUT2D eigenvalue weighted by Gasteiger charge is 2.70. The summed E-state index contributed by atoms with van der Waals surface area (Å²) in [5, 5.41) is 84.1. The Morgan fingerprint density at radius 2 is 1.54 bits per heavy atom. The zero-order valence-corrected chi connectivity index (χ0v) is 33.3. The van der Waals surface area contributed by atoms with Crippen molar-refractivity contribution in [2.45, 2.75) is 161 Å². The second kappa shape index (κ2) is 14.0. The topological polar surface area (TPSA) is 250 Å². The normalized spacial score (nSPS) is 54.5. The monoisotopic (exact) mass is 794 g/mol. The van der Waals surface area contributed by atoms with Gasteiger partial charge >= 0.3 is 11.9 Å². The van der Waals surface area contributed by atoms with Crippen molar-refractivity contribution < 1.29 is 74.2 Å². The molecule has 0 bridgehead atoms. The highest BCUT2D eigenvalue weighted by Crippen LogP contribution is 2.75. The summed E-state index contributed by atoms with van der Waals surface area (Å²) in [6.07, 6.45) is -8.36. The van der Waals surface area contributed by atoms with E-state index in [4.69, 9.17) is 18.9 Å². The van der Waals surface area contributed by atoms with Gasteiger partial charge in [0.1, 0.15) is 42.4 Å². The first kappa shape index (κ1) is 42.1. The van der Waals surface area contributed by atoms with Crippen LogP contribution in [0.25, 0.3) is 0 Å². The number of allylic oxidation sites excluding steroid dienone is 2. The average Bonchev–Trinajstić information content (AvgIpc) is 3.13. The number of ketones is 1. The van der Waals surface area contributed by atoms with Gasteiger partial charge in [-0.3, -0.25) is 9.59 Å². The summed E-state index contributed by atoms with van der Waals surface area (Å²) >= 11 is 0. The average molecular weight is 795 g/mol. The minimum Gasteiger partial charge on any atom is -0.481 e. The number of hydrogen-bond acceptors (Lipinski definition) is 13. The number of rotatable bonds is 7. The quantitative estimate of drug-likeness (QED) is 0.135. The van der Waals surface area contributed by atoms with Gasteiger partial charge in [0.15, 0.2) is 18.7 Å². The zero-order chi connectivity index (χ0) is 41.1. The second-order valence-corrected chi connectivity index (χ2v) is 19.9. The first-order valence-corrected chi connectivity index (χ1v) is 20.3. The number of aliphatic hydroxyl groups is 6. The van der Waals surface area contributed by atoms with Gasteiger partial charge in [0.05, 0.1) is 24.7 Å². The molecule has 316 valence electrons. The lowest BCUT2D eigenvalue weighted by Crippen LogP contribution is -2.67. The minimum atomic E-state index is -1.95. The molecule has 56 heavy (non-hydrogen) atoms. The minimum absolute atomic E-state index is 0.0340. The van der Waals surface area contributed by atoms with Crippen LogP contribution in [0.2, 0.25) is 0 Å². The van der Waals surface area contributed by atoms with Gasteiger partial charge in [-0.2, -0.15) is 0 Å². The Kier molecular flexibility index (Phi) is 10.5. The lowest BCUT2D eigenvalue weighted by atomic mass is 9.33. The number of carboxylic acid groups (broad SMARTS) is 2. The predicted octanol–water partition coefficient (Wildman–Crippen LogP) is 1.76. The van der Waals surface area contributed by atoms with Gasteiger partial charge in [-0.15, -0.1) is 0 Å². The summed E-state index contributed by atoms with van der Waals surface area (Å²) in [6.45, 7) is 12.0. The molecular weight excluding hydrogens is 732 g/mol. The molecule has 5 aliphatic carbocycles. The third kappa shape index (κ3) is 5.92. The smallest absolute Gasteiger partial charge is 0.335 e. The molecular formula is C41H62O15. The summed E-state index contributed by atoms with van der Waals surface area (Å²) in [7, 11) is 0. The number of carboxylic acids is 2. The van der Waals surface area contributed by atoms with Crippen molar-refractivity contribution in [3.05, 3.63) is 11.6 Å². The predicted molar refractivity (Wildman–Crippen MR) is 194 cm³/mol. The molecule has 4 saturated carbocycles. The van der Waals surface area contributed by atoms with Gasteiger partial charge in [0, 0.05) is 17.3 Å². The molecule has 7 aliphatic rings. The molecule has 0 amide bonds. The molecule has 8 N–H and O–H groups in total. The maximum atomic E-state index is 13.7. The van der Waals surface area contributed by atoms with Gasteiger partial charge < -0.3 is 59.8 Å². The Morgan fingerprint density at radius 3 is 2.18 bits per heavy atom. The number of hydrogen-bond donors (Lipinski definition) is 8. The highest BCUT2D eigenvalue weighted by atomic mass is 16.8.